The Kier molecular flexibility index (Phi) is 3.33. The number of rotatable bonds is 3. The summed E-state index contributed by atoms with van der Waals surface area (Å²) in [6.45, 7) is 4.28. The zero-order valence-electron chi connectivity index (χ0n) is 10.2. The Morgan fingerprint density at radius 1 is 1.24 bits per heavy atom. The SMILES string of the molecule is COc1ccc(-n2[nH]c(C(C)C)cc2=S)cc1. The number of H-pyrrole nitrogens is 1. The average Bonchev–Trinajstić information content (AvgIpc) is 2.72. The third-order valence-corrected chi connectivity index (χ3v) is 2.99. The summed E-state index contributed by atoms with van der Waals surface area (Å²) in [5.41, 5.74) is 2.16. The van der Waals surface area contributed by atoms with Crippen molar-refractivity contribution in [2.24, 2.45) is 0 Å². The normalized spacial score (nSPS) is 10.8. The van der Waals surface area contributed by atoms with Gasteiger partial charge in [0.2, 0.25) is 0 Å². The van der Waals surface area contributed by atoms with Crippen LogP contribution in [0.4, 0.5) is 0 Å². The van der Waals surface area contributed by atoms with Crippen molar-refractivity contribution in [3.8, 4) is 11.4 Å². The fourth-order valence-corrected chi connectivity index (χ4v) is 1.91. The lowest BCUT2D eigenvalue weighted by Gasteiger charge is -2.05. The first-order valence-corrected chi connectivity index (χ1v) is 5.99. The number of nitrogens with one attached hydrogen (secondary N) is 1. The second-order valence-corrected chi connectivity index (χ2v) is 4.66. The van der Waals surface area contributed by atoms with Gasteiger partial charge in [0.1, 0.15) is 10.4 Å². The predicted molar refractivity (Wildman–Crippen MR) is 71.6 cm³/mol. The van der Waals surface area contributed by atoms with Gasteiger partial charge in [-0.3, -0.25) is 5.10 Å². The van der Waals surface area contributed by atoms with Crippen molar-refractivity contribution in [1.82, 2.24) is 9.78 Å². The van der Waals surface area contributed by atoms with Gasteiger partial charge in [-0.1, -0.05) is 26.1 Å². The van der Waals surface area contributed by atoms with E-state index in [9.17, 15) is 0 Å². The largest absolute Gasteiger partial charge is 0.497 e. The van der Waals surface area contributed by atoms with Crippen LogP contribution in [0.1, 0.15) is 25.5 Å². The Morgan fingerprint density at radius 3 is 2.35 bits per heavy atom. The molecule has 90 valence electrons. The van der Waals surface area contributed by atoms with E-state index in [0.29, 0.717) is 5.92 Å². The summed E-state index contributed by atoms with van der Waals surface area (Å²) in [4.78, 5) is 0. The van der Waals surface area contributed by atoms with Gasteiger partial charge in [-0.2, -0.15) is 0 Å². The highest BCUT2D eigenvalue weighted by atomic mass is 32.1. The minimum Gasteiger partial charge on any atom is -0.497 e. The second-order valence-electron chi connectivity index (χ2n) is 4.24. The molecule has 0 unspecified atom stereocenters. The first kappa shape index (κ1) is 11.9. The van der Waals surface area contributed by atoms with E-state index in [-0.39, 0.29) is 0 Å². The summed E-state index contributed by atoms with van der Waals surface area (Å²) in [5.74, 6) is 1.28. The van der Waals surface area contributed by atoms with E-state index in [1.165, 1.54) is 0 Å². The van der Waals surface area contributed by atoms with Gasteiger partial charge in [0, 0.05) is 5.69 Å². The van der Waals surface area contributed by atoms with Gasteiger partial charge in [0.25, 0.3) is 0 Å². The summed E-state index contributed by atoms with van der Waals surface area (Å²) in [6.07, 6.45) is 0. The molecule has 0 saturated heterocycles. The summed E-state index contributed by atoms with van der Waals surface area (Å²) in [5, 5.41) is 3.31. The molecule has 1 aromatic heterocycles. The molecule has 0 atom stereocenters. The fourth-order valence-electron chi connectivity index (χ4n) is 1.63. The molecule has 0 aliphatic carbocycles. The van der Waals surface area contributed by atoms with Crippen LogP contribution < -0.4 is 4.74 Å². The Hall–Kier alpha value is -1.55. The van der Waals surface area contributed by atoms with Crippen molar-refractivity contribution in [3.05, 3.63) is 40.7 Å². The molecule has 0 radical (unpaired) electrons. The summed E-state index contributed by atoms with van der Waals surface area (Å²) in [7, 11) is 1.66. The van der Waals surface area contributed by atoms with E-state index in [1.54, 1.807) is 7.11 Å². The van der Waals surface area contributed by atoms with Gasteiger partial charge in [0.05, 0.1) is 12.8 Å². The monoisotopic (exact) mass is 248 g/mol. The van der Waals surface area contributed by atoms with Crippen LogP contribution >= 0.6 is 12.2 Å². The minimum atomic E-state index is 0.441. The standard InChI is InChI=1S/C13H16N2OS/c1-9(2)12-8-13(17)15(14-12)10-4-6-11(16-3)7-5-10/h4-9,14H,1-3H3. The highest BCUT2D eigenvalue weighted by molar-refractivity contribution is 7.71. The Labute approximate surface area is 106 Å². The third-order valence-electron chi connectivity index (χ3n) is 2.69. The molecule has 0 amide bonds. The van der Waals surface area contributed by atoms with Gasteiger partial charge in [-0.05, 0) is 36.2 Å². The van der Waals surface area contributed by atoms with E-state index in [0.717, 1.165) is 21.8 Å². The summed E-state index contributed by atoms with van der Waals surface area (Å²) >= 11 is 5.34. The lowest BCUT2D eigenvalue weighted by Crippen LogP contribution is -1.98. The third kappa shape index (κ3) is 2.42. The molecule has 0 spiro atoms. The molecule has 3 nitrogen and oxygen atoms in total. The van der Waals surface area contributed by atoms with Crippen LogP contribution in [0, 0.1) is 4.64 Å². The zero-order valence-corrected chi connectivity index (χ0v) is 11.0. The van der Waals surface area contributed by atoms with Crippen LogP contribution in [0.15, 0.2) is 30.3 Å². The molecule has 1 heterocycles. The van der Waals surface area contributed by atoms with E-state index < -0.39 is 0 Å². The lowest BCUT2D eigenvalue weighted by atomic mass is 10.1. The average molecular weight is 248 g/mol. The van der Waals surface area contributed by atoms with E-state index in [2.05, 4.69) is 18.9 Å². The van der Waals surface area contributed by atoms with Crippen molar-refractivity contribution < 1.29 is 4.74 Å². The van der Waals surface area contributed by atoms with Gasteiger partial charge < -0.3 is 4.74 Å². The number of hydrogen-bond acceptors (Lipinski definition) is 2. The number of nitrogens with zero attached hydrogens (tertiary/aromatic N) is 1. The van der Waals surface area contributed by atoms with Crippen LogP contribution in [0.3, 0.4) is 0 Å². The quantitative estimate of drug-likeness (QED) is 0.840. The van der Waals surface area contributed by atoms with Gasteiger partial charge >= 0.3 is 0 Å². The summed E-state index contributed by atoms with van der Waals surface area (Å²) < 4.78 is 7.83. The molecule has 2 rings (SSSR count). The molecule has 0 aliphatic rings. The fraction of sp³-hybridized carbons (Fsp3) is 0.308. The molecular formula is C13H16N2OS. The molecule has 0 saturated carbocycles. The smallest absolute Gasteiger partial charge is 0.127 e. The highest BCUT2D eigenvalue weighted by Crippen LogP contribution is 2.18. The zero-order chi connectivity index (χ0) is 12.4. The minimum absolute atomic E-state index is 0.441. The van der Waals surface area contributed by atoms with Crippen molar-refractivity contribution >= 4 is 12.2 Å². The molecular weight excluding hydrogens is 232 g/mol. The van der Waals surface area contributed by atoms with Crippen LogP contribution in [0.25, 0.3) is 5.69 Å². The van der Waals surface area contributed by atoms with E-state index in [1.807, 2.05) is 35.0 Å². The molecule has 0 bridgehead atoms. The molecule has 0 fully saturated rings. The van der Waals surface area contributed by atoms with Crippen molar-refractivity contribution in [2.75, 3.05) is 7.11 Å². The number of aromatic amines is 1. The molecule has 1 aromatic carbocycles. The molecule has 0 aliphatic heterocycles. The van der Waals surface area contributed by atoms with Gasteiger partial charge in [-0.25, -0.2) is 4.68 Å². The van der Waals surface area contributed by atoms with Gasteiger partial charge in [-0.15, -0.1) is 0 Å². The number of methoxy groups -OCH3 is 1. The van der Waals surface area contributed by atoms with Crippen molar-refractivity contribution in [1.29, 1.82) is 0 Å². The summed E-state index contributed by atoms with van der Waals surface area (Å²) in [6, 6.07) is 9.81. The maximum absolute atomic E-state index is 5.34. The van der Waals surface area contributed by atoms with Crippen molar-refractivity contribution in [2.45, 2.75) is 19.8 Å². The van der Waals surface area contributed by atoms with E-state index in [4.69, 9.17) is 17.0 Å². The maximum atomic E-state index is 5.34. The topological polar surface area (TPSA) is 29.9 Å². The molecule has 17 heavy (non-hydrogen) atoms. The predicted octanol–water partition coefficient (Wildman–Crippen LogP) is 3.67. The number of ether oxygens (including phenoxy) is 1. The molecule has 2 aromatic rings. The second kappa shape index (κ2) is 4.75. The van der Waals surface area contributed by atoms with Crippen LogP contribution in [-0.2, 0) is 0 Å². The van der Waals surface area contributed by atoms with Crippen LogP contribution in [0.5, 0.6) is 5.75 Å². The maximum Gasteiger partial charge on any atom is 0.127 e. The Balaban J connectivity index is 2.42. The highest BCUT2D eigenvalue weighted by Gasteiger charge is 2.05. The van der Waals surface area contributed by atoms with Gasteiger partial charge in [0.15, 0.2) is 0 Å². The van der Waals surface area contributed by atoms with Crippen LogP contribution in [0.2, 0.25) is 0 Å². The molecule has 4 heteroatoms. The first-order valence-electron chi connectivity index (χ1n) is 5.58. The Bertz CT molecular complexity index is 552. The number of aromatic nitrogens is 2. The Morgan fingerprint density at radius 2 is 1.88 bits per heavy atom. The van der Waals surface area contributed by atoms with Crippen molar-refractivity contribution in [3.63, 3.8) is 0 Å². The molecule has 1 N–H and O–H groups in total. The number of benzene rings is 1. The number of hydrogen-bond donors (Lipinski definition) is 1. The van der Waals surface area contributed by atoms with E-state index >= 15 is 0 Å². The first-order chi connectivity index (χ1) is 8.11. The lowest BCUT2D eigenvalue weighted by molar-refractivity contribution is 0.414. The van der Waals surface area contributed by atoms with Crippen LogP contribution in [-0.4, -0.2) is 16.9 Å².